The van der Waals surface area contributed by atoms with Gasteiger partial charge < -0.3 is 5.32 Å². The van der Waals surface area contributed by atoms with Crippen molar-refractivity contribution in [2.75, 3.05) is 6.54 Å². The molecule has 0 aliphatic rings. The van der Waals surface area contributed by atoms with Crippen molar-refractivity contribution in [1.29, 1.82) is 0 Å². The van der Waals surface area contributed by atoms with E-state index in [0.717, 1.165) is 11.6 Å². The third-order valence-corrected chi connectivity index (χ3v) is 5.00. The van der Waals surface area contributed by atoms with E-state index in [1.54, 1.807) is 30.3 Å². The van der Waals surface area contributed by atoms with E-state index in [4.69, 9.17) is 11.6 Å². The maximum Gasteiger partial charge on any atom is 0.433 e. The number of fused-ring (bicyclic) bond motifs is 1. The average Bonchev–Trinajstić information content (AvgIpc) is 3.10. The number of nitrogens with one attached hydrogen (secondary N) is 1. The molecule has 0 radical (unpaired) electrons. The molecule has 5 nitrogen and oxygen atoms in total. The van der Waals surface area contributed by atoms with Crippen molar-refractivity contribution in [3.8, 4) is 11.3 Å². The van der Waals surface area contributed by atoms with Crippen LogP contribution in [0.1, 0.15) is 21.7 Å². The second-order valence-corrected chi connectivity index (χ2v) is 7.16. The molecule has 0 aliphatic heterocycles. The van der Waals surface area contributed by atoms with E-state index in [0.29, 0.717) is 16.5 Å². The van der Waals surface area contributed by atoms with Gasteiger partial charge in [0.05, 0.1) is 5.69 Å². The second kappa shape index (κ2) is 8.39. The van der Waals surface area contributed by atoms with Crippen LogP contribution in [0.25, 0.3) is 16.9 Å². The van der Waals surface area contributed by atoms with Crippen LogP contribution in [0.5, 0.6) is 0 Å². The van der Waals surface area contributed by atoms with Crippen molar-refractivity contribution in [2.24, 2.45) is 0 Å². The number of benzene rings is 2. The fourth-order valence-corrected chi connectivity index (χ4v) is 3.39. The first-order valence-electron chi connectivity index (χ1n) is 9.38. The number of hydrogen-bond acceptors (Lipinski definition) is 3. The summed E-state index contributed by atoms with van der Waals surface area (Å²) in [4.78, 5) is 16.8. The molecule has 31 heavy (non-hydrogen) atoms. The fraction of sp³-hybridized carbons (Fsp3) is 0.136. The van der Waals surface area contributed by atoms with Crippen LogP contribution in [0.15, 0.2) is 66.7 Å². The average molecular weight is 445 g/mol. The molecule has 0 unspecified atom stereocenters. The largest absolute Gasteiger partial charge is 0.433 e. The molecule has 0 fully saturated rings. The van der Waals surface area contributed by atoms with Gasteiger partial charge in [0.15, 0.2) is 17.0 Å². The molecule has 2 aromatic carbocycles. The van der Waals surface area contributed by atoms with Gasteiger partial charge in [0, 0.05) is 12.1 Å². The van der Waals surface area contributed by atoms with E-state index in [1.807, 2.05) is 30.3 Å². The van der Waals surface area contributed by atoms with Gasteiger partial charge in [-0.15, -0.1) is 0 Å². The van der Waals surface area contributed by atoms with Crippen LogP contribution >= 0.6 is 11.6 Å². The third kappa shape index (κ3) is 4.39. The van der Waals surface area contributed by atoms with Gasteiger partial charge >= 0.3 is 6.18 Å². The quantitative estimate of drug-likeness (QED) is 0.469. The summed E-state index contributed by atoms with van der Waals surface area (Å²) in [6, 6.07) is 18.8. The summed E-state index contributed by atoms with van der Waals surface area (Å²) in [5.41, 5.74) is -0.0274. The predicted molar refractivity (Wildman–Crippen MR) is 111 cm³/mol. The number of alkyl halides is 3. The Hall–Kier alpha value is -3.39. The third-order valence-electron chi connectivity index (χ3n) is 4.65. The Morgan fingerprint density at radius 1 is 1.03 bits per heavy atom. The van der Waals surface area contributed by atoms with Gasteiger partial charge in [-0.1, -0.05) is 72.3 Å². The highest BCUT2D eigenvalue weighted by Gasteiger charge is 2.36. The summed E-state index contributed by atoms with van der Waals surface area (Å²) in [6.45, 7) is 0.280. The van der Waals surface area contributed by atoms with Crippen LogP contribution in [-0.4, -0.2) is 27.0 Å². The Morgan fingerprint density at radius 2 is 1.68 bits per heavy atom. The van der Waals surface area contributed by atoms with Crippen LogP contribution in [-0.2, 0) is 12.6 Å². The predicted octanol–water partition coefficient (Wildman–Crippen LogP) is 5.04. The van der Waals surface area contributed by atoms with E-state index in [2.05, 4.69) is 15.4 Å². The van der Waals surface area contributed by atoms with Crippen LogP contribution in [0, 0.1) is 0 Å². The van der Waals surface area contributed by atoms with Crippen molar-refractivity contribution in [3.05, 3.63) is 88.7 Å². The number of aromatic nitrogens is 3. The normalized spacial score (nSPS) is 11.6. The van der Waals surface area contributed by atoms with Gasteiger partial charge in [0.1, 0.15) is 5.02 Å². The monoisotopic (exact) mass is 444 g/mol. The molecule has 2 aromatic heterocycles. The molecule has 0 atom stereocenters. The Kier molecular flexibility index (Phi) is 5.65. The Balaban J connectivity index is 1.69. The van der Waals surface area contributed by atoms with Gasteiger partial charge in [-0.05, 0) is 18.1 Å². The minimum Gasteiger partial charge on any atom is -0.350 e. The minimum atomic E-state index is -4.72. The van der Waals surface area contributed by atoms with Gasteiger partial charge in [0.2, 0.25) is 0 Å². The molecule has 0 aliphatic carbocycles. The molecule has 4 aromatic rings. The first-order valence-corrected chi connectivity index (χ1v) is 9.76. The van der Waals surface area contributed by atoms with Gasteiger partial charge in [0.25, 0.3) is 5.91 Å². The summed E-state index contributed by atoms with van der Waals surface area (Å²) in [5, 5.41) is 6.24. The molecule has 2 heterocycles. The zero-order chi connectivity index (χ0) is 22.0. The van der Waals surface area contributed by atoms with Crippen LogP contribution in [0.2, 0.25) is 5.02 Å². The van der Waals surface area contributed by atoms with Crippen molar-refractivity contribution < 1.29 is 18.0 Å². The van der Waals surface area contributed by atoms with Gasteiger partial charge in [-0.25, -0.2) is 9.50 Å². The Labute approximate surface area is 180 Å². The lowest BCUT2D eigenvalue weighted by Gasteiger charge is -2.11. The highest BCUT2D eigenvalue weighted by atomic mass is 35.5. The summed E-state index contributed by atoms with van der Waals surface area (Å²) < 4.78 is 41.7. The number of amides is 1. The molecule has 0 spiro atoms. The van der Waals surface area contributed by atoms with E-state index < -0.39 is 17.8 Å². The van der Waals surface area contributed by atoms with Crippen LogP contribution in [0.3, 0.4) is 0 Å². The second-order valence-electron chi connectivity index (χ2n) is 6.78. The maximum absolute atomic E-state index is 13.7. The molecule has 1 amide bonds. The van der Waals surface area contributed by atoms with E-state index in [1.165, 1.54) is 0 Å². The molecular formula is C22H16ClF3N4O. The van der Waals surface area contributed by atoms with Gasteiger partial charge in [-0.2, -0.15) is 18.3 Å². The van der Waals surface area contributed by atoms with Crippen LogP contribution < -0.4 is 5.32 Å². The summed E-state index contributed by atoms with van der Waals surface area (Å²) in [5.74, 6) is -0.666. The van der Waals surface area contributed by atoms with Crippen molar-refractivity contribution in [2.45, 2.75) is 12.6 Å². The Bertz CT molecular complexity index is 1220. The zero-order valence-electron chi connectivity index (χ0n) is 16.0. The molecule has 9 heteroatoms. The lowest BCUT2D eigenvalue weighted by molar-refractivity contribution is -0.142. The molecule has 158 valence electrons. The van der Waals surface area contributed by atoms with Crippen molar-refractivity contribution in [3.63, 3.8) is 0 Å². The first-order chi connectivity index (χ1) is 14.8. The SMILES string of the molecule is O=C(NCCc1ccccc1)c1nn2c(C(F)(F)F)cc(-c3ccccc3)nc2c1Cl. The first kappa shape index (κ1) is 20.9. The summed E-state index contributed by atoms with van der Waals surface area (Å²) in [7, 11) is 0. The maximum atomic E-state index is 13.7. The Morgan fingerprint density at radius 3 is 2.32 bits per heavy atom. The lowest BCUT2D eigenvalue weighted by Crippen LogP contribution is -2.26. The number of nitrogens with zero attached hydrogens (tertiary/aromatic N) is 3. The highest BCUT2D eigenvalue weighted by molar-refractivity contribution is 6.36. The number of hydrogen-bond donors (Lipinski definition) is 1. The van der Waals surface area contributed by atoms with E-state index in [-0.39, 0.29) is 28.6 Å². The summed E-state index contributed by atoms with van der Waals surface area (Å²) in [6.07, 6.45) is -4.16. The van der Waals surface area contributed by atoms with Gasteiger partial charge in [-0.3, -0.25) is 4.79 Å². The number of carbonyl (C=O) groups excluding carboxylic acids is 1. The topological polar surface area (TPSA) is 59.3 Å². The molecule has 0 saturated heterocycles. The smallest absolute Gasteiger partial charge is 0.350 e. The number of rotatable bonds is 5. The fourth-order valence-electron chi connectivity index (χ4n) is 3.14. The molecular weight excluding hydrogens is 429 g/mol. The zero-order valence-corrected chi connectivity index (χ0v) is 16.8. The molecule has 1 N–H and O–H groups in total. The lowest BCUT2D eigenvalue weighted by atomic mass is 10.1. The number of carbonyl (C=O) groups is 1. The molecule has 0 bridgehead atoms. The van der Waals surface area contributed by atoms with Crippen molar-refractivity contribution >= 4 is 23.2 Å². The van der Waals surface area contributed by atoms with Crippen molar-refractivity contribution in [1.82, 2.24) is 19.9 Å². The number of halogens is 4. The molecule has 4 rings (SSSR count). The molecule has 0 saturated carbocycles. The van der Waals surface area contributed by atoms with Crippen LogP contribution in [0.4, 0.5) is 13.2 Å². The summed E-state index contributed by atoms with van der Waals surface area (Å²) >= 11 is 6.26. The highest BCUT2D eigenvalue weighted by Crippen LogP contribution is 2.34. The van der Waals surface area contributed by atoms with E-state index >= 15 is 0 Å². The standard InChI is InChI=1S/C22H16ClF3N4O/c23-18-19(21(31)27-12-11-14-7-3-1-4-8-14)29-30-17(22(24,25)26)13-16(28-20(18)30)15-9-5-2-6-10-15/h1-10,13H,11-12H2,(H,27,31). The van der Waals surface area contributed by atoms with E-state index in [9.17, 15) is 18.0 Å². The minimum absolute atomic E-state index is 0.0817.